The highest BCUT2D eigenvalue weighted by atomic mass is 16.4. The minimum Gasteiger partial charge on any atom is -0.481 e. The molecule has 1 aromatic heterocycles. The maximum Gasteiger partial charge on any atom is 0.310 e. The number of carboxylic acid groups (broad SMARTS) is 1. The van der Waals surface area contributed by atoms with Gasteiger partial charge in [-0.2, -0.15) is 5.10 Å². The van der Waals surface area contributed by atoms with Crippen LogP contribution in [0.1, 0.15) is 24.0 Å². The van der Waals surface area contributed by atoms with Gasteiger partial charge in [-0.3, -0.25) is 4.79 Å². The van der Waals surface area contributed by atoms with E-state index in [0.717, 1.165) is 11.1 Å². The Labute approximate surface area is 98.7 Å². The lowest BCUT2D eigenvalue weighted by atomic mass is 10.0. The van der Waals surface area contributed by atoms with E-state index in [1.807, 2.05) is 24.3 Å². The van der Waals surface area contributed by atoms with Crippen molar-refractivity contribution in [1.82, 2.24) is 14.8 Å². The van der Waals surface area contributed by atoms with Crippen LogP contribution in [0.5, 0.6) is 0 Å². The molecule has 2 rings (SSSR count). The van der Waals surface area contributed by atoms with Crippen LogP contribution in [0.25, 0.3) is 0 Å². The van der Waals surface area contributed by atoms with Crippen molar-refractivity contribution in [3.8, 4) is 0 Å². The number of aromatic nitrogens is 3. The molecule has 0 aliphatic heterocycles. The van der Waals surface area contributed by atoms with Gasteiger partial charge in [-0.1, -0.05) is 24.3 Å². The molecule has 0 spiro atoms. The molecule has 88 valence electrons. The molecular weight excluding hydrogens is 218 g/mol. The number of hydrogen-bond acceptors (Lipinski definition) is 3. The fourth-order valence-corrected chi connectivity index (χ4v) is 1.56. The Bertz CT molecular complexity index is 491. The van der Waals surface area contributed by atoms with E-state index in [2.05, 4.69) is 10.1 Å². The van der Waals surface area contributed by atoms with Gasteiger partial charge in [0.1, 0.15) is 12.7 Å². The van der Waals surface area contributed by atoms with Gasteiger partial charge >= 0.3 is 5.97 Å². The van der Waals surface area contributed by atoms with Crippen LogP contribution in [0, 0.1) is 0 Å². The predicted molar refractivity (Wildman–Crippen MR) is 61.6 cm³/mol. The average molecular weight is 231 g/mol. The van der Waals surface area contributed by atoms with Gasteiger partial charge in [0, 0.05) is 0 Å². The third-order valence-corrected chi connectivity index (χ3v) is 2.66. The molecule has 0 fully saturated rings. The summed E-state index contributed by atoms with van der Waals surface area (Å²) in [5.74, 6) is -1.29. The van der Waals surface area contributed by atoms with Crippen molar-refractivity contribution in [1.29, 1.82) is 0 Å². The molecule has 0 bridgehead atoms. The molecule has 0 aliphatic rings. The maximum atomic E-state index is 10.8. The second kappa shape index (κ2) is 4.78. The topological polar surface area (TPSA) is 68.0 Å². The first-order chi connectivity index (χ1) is 8.16. The highest BCUT2D eigenvalue weighted by Gasteiger charge is 2.12. The van der Waals surface area contributed by atoms with Crippen molar-refractivity contribution in [3.63, 3.8) is 0 Å². The quantitative estimate of drug-likeness (QED) is 0.866. The minimum absolute atomic E-state index is 0.476. The third-order valence-electron chi connectivity index (χ3n) is 2.66. The summed E-state index contributed by atoms with van der Waals surface area (Å²) in [4.78, 5) is 14.7. The fraction of sp³-hybridized carbons (Fsp3) is 0.250. The van der Waals surface area contributed by atoms with E-state index >= 15 is 0 Å². The highest BCUT2D eigenvalue weighted by Crippen LogP contribution is 2.16. The van der Waals surface area contributed by atoms with Crippen molar-refractivity contribution < 1.29 is 9.90 Å². The fourth-order valence-electron chi connectivity index (χ4n) is 1.56. The van der Waals surface area contributed by atoms with Crippen LogP contribution in [-0.2, 0) is 11.3 Å². The summed E-state index contributed by atoms with van der Waals surface area (Å²) >= 11 is 0. The third kappa shape index (κ3) is 2.69. The van der Waals surface area contributed by atoms with E-state index < -0.39 is 11.9 Å². The second-order valence-electron chi connectivity index (χ2n) is 3.89. The van der Waals surface area contributed by atoms with Crippen molar-refractivity contribution in [2.24, 2.45) is 0 Å². The molecule has 17 heavy (non-hydrogen) atoms. The van der Waals surface area contributed by atoms with Crippen LogP contribution < -0.4 is 0 Å². The number of nitrogens with zero attached hydrogens (tertiary/aromatic N) is 3. The number of hydrogen-bond donors (Lipinski definition) is 1. The molecule has 1 N–H and O–H groups in total. The largest absolute Gasteiger partial charge is 0.481 e. The minimum atomic E-state index is -0.811. The second-order valence-corrected chi connectivity index (χ2v) is 3.89. The van der Waals surface area contributed by atoms with Gasteiger partial charge in [0.15, 0.2) is 0 Å². The molecule has 0 amide bonds. The molecule has 1 heterocycles. The zero-order valence-corrected chi connectivity index (χ0v) is 9.45. The summed E-state index contributed by atoms with van der Waals surface area (Å²) in [6.07, 6.45) is 3.13. The Balaban J connectivity index is 2.10. The molecule has 5 nitrogen and oxygen atoms in total. The Morgan fingerprint density at radius 3 is 2.65 bits per heavy atom. The van der Waals surface area contributed by atoms with Gasteiger partial charge in [0.05, 0.1) is 12.5 Å². The van der Waals surface area contributed by atoms with Crippen molar-refractivity contribution in [2.75, 3.05) is 0 Å². The van der Waals surface area contributed by atoms with Gasteiger partial charge in [-0.05, 0) is 18.1 Å². The molecule has 5 heteroatoms. The van der Waals surface area contributed by atoms with Gasteiger partial charge < -0.3 is 5.11 Å². The van der Waals surface area contributed by atoms with Gasteiger partial charge in [-0.25, -0.2) is 9.67 Å². The Kier molecular flexibility index (Phi) is 3.18. The van der Waals surface area contributed by atoms with E-state index in [1.165, 1.54) is 6.33 Å². The van der Waals surface area contributed by atoms with Crippen LogP contribution in [0.3, 0.4) is 0 Å². The van der Waals surface area contributed by atoms with Crippen LogP contribution in [0.2, 0.25) is 0 Å². The Morgan fingerprint density at radius 2 is 2.12 bits per heavy atom. The molecule has 1 unspecified atom stereocenters. The molecule has 0 saturated carbocycles. The monoisotopic (exact) mass is 231 g/mol. The summed E-state index contributed by atoms with van der Waals surface area (Å²) in [5.41, 5.74) is 1.87. The van der Waals surface area contributed by atoms with E-state index in [1.54, 1.807) is 17.9 Å². The van der Waals surface area contributed by atoms with Gasteiger partial charge in [-0.15, -0.1) is 0 Å². The average Bonchev–Trinajstić information content (AvgIpc) is 2.82. The Morgan fingerprint density at radius 1 is 1.41 bits per heavy atom. The first kappa shape index (κ1) is 11.3. The van der Waals surface area contributed by atoms with Crippen molar-refractivity contribution in [3.05, 3.63) is 48.0 Å². The number of carboxylic acids is 1. The molecule has 0 radical (unpaired) electrons. The SMILES string of the molecule is CC(C(=O)O)c1ccc(Cn2cncn2)cc1. The number of benzene rings is 1. The summed E-state index contributed by atoms with van der Waals surface area (Å²) < 4.78 is 1.72. The maximum absolute atomic E-state index is 10.8. The Hall–Kier alpha value is -2.17. The molecule has 0 saturated heterocycles. The summed E-state index contributed by atoms with van der Waals surface area (Å²) in [5, 5.41) is 12.9. The molecule has 2 aromatic rings. The van der Waals surface area contributed by atoms with E-state index in [0.29, 0.717) is 6.54 Å². The lowest BCUT2D eigenvalue weighted by molar-refractivity contribution is -0.138. The summed E-state index contributed by atoms with van der Waals surface area (Å²) in [6.45, 7) is 2.32. The summed E-state index contributed by atoms with van der Waals surface area (Å²) in [7, 11) is 0. The first-order valence-corrected chi connectivity index (χ1v) is 5.31. The standard InChI is InChI=1S/C12H13N3O2/c1-9(12(16)17)11-4-2-10(3-5-11)6-15-8-13-7-14-15/h2-5,7-9H,6H2,1H3,(H,16,17). The normalized spacial score (nSPS) is 12.3. The lowest BCUT2D eigenvalue weighted by Gasteiger charge is -2.07. The number of carbonyl (C=O) groups is 1. The van der Waals surface area contributed by atoms with Crippen molar-refractivity contribution in [2.45, 2.75) is 19.4 Å². The van der Waals surface area contributed by atoms with Crippen LogP contribution in [-0.4, -0.2) is 25.8 Å². The molecule has 1 atom stereocenters. The van der Waals surface area contributed by atoms with E-state index in [9.17, 15) is 4.79 Å². The first-order valence-electron chi connectivity index (χ1n) is 5.31. The number of aliphatic carboxylic acids is 1. The molecule has 1 aromatic carbocycles. The van der Waals surface area contributed by atoms with E-state index in [-0.39, 0.29) is 0 Å². The van der Waals surface area contributed by atoms with Gasteiger partial charge in [0.25, 0.3) is 0 Å². The highest BCUT2D eigenvalue weighted by molar-refractivity contribution is 5.75. The predicted octanol–water partition coefficient (Wildman–Crippen LogP) is 1.51. The molecule has 0 aliphatic carbocycles. The zero-order chi connectivity index (χ0) is 12.3. The lowest BCUT2D eigenvalue weighted by Crippen LogP contribution is -2.07. The van der Waals surface area contributed by atoms with Crippen molar-refractivity contribution >= 4 is 5.97 Å². The molecular formula is C12H13N3O2. The van der Waals surface area contributed by atoms with Gasteiger partial charge in [0.2, 0.25) is 0 Å². The van der Waals surface area contributed by atoms with Crippen LogP contribution in [0.4, 0.5) is 0 Å². The van der Waals surface area contributed by atoms with Crippen LogP contribution >= 0.6 is 0 Å². The van der Waals surface area contributed by atoms with Crippen LogP contribution in [0.15, 0.2) is 36.9 Å². The smallest absolute Gasteiger partial charge is 0.310 e. The number of rotatable bonds is 4. The zero-order valence-electron chi connectivity index (χ0n) is 9.45. The van der Waals surface area contributed by atoms with E-state index in [4.69, 9.17) is 5.11 Å². The summed E-state index contributed by atoms with van der Waals surface area (Å²) in [6, 6.07) is 7.50.